The Hall–Kier alpha value is -1.66. The molecular weight excluding hydrogens is 345 g/mol. The minimum absolute atomic E-state index is 0.00200. The van der Waals surface area contributed by atoms with Gasteiger partial charge in [0.1, 0.15) is 5.82 Å². The molecule has 2 atom stereocenters. The number of rotatable bonds is 6. The second-order valence-electron chi connectivity index (χ2n) is 6.78. The molecule has 0 radical (unpaired) electrons. The van der Waals surface area contributed by atoms with Crippen LogP contribution in [0.3, 0.4) is 0 Å². The van der Waals surface area contributed by atoms with Crippen molar-refractivity contribution in [3.8, 4) is 0 Å². The summed E-state index contributed by atoms with van der Waals surface area (Å²) < 4.78 is 14.0. The number of halogens is 2. The van der Waals surface area contributed by atoms with Crippen molar-refractivity contribution in [2.24, 2.45) is 11.7 Å². The monoisotopic (exact) mass is 369 g/mol. The number of hydrogen-bond donors (Lipinski definition) is 2. The first kappa shape index (κ1) is 19.7. The van der Waals surface area contributed by atoms with Gasteiger partial charge in [0.15, 0.2) is 0 Å². The third-order valence-corrected chi connectivity index (χ3v) is 4.99. The first-order chi connectivity index (χ1) is 11.8. The maximum absolute atomic E-state index is 14.0. The quantitative estimate of drug-likeness (QED) is 0.806. The fourth-order valence-corrected chi connectivity index (χ4v) is 3.26. The minimum atomic E-state index is -0.639. The average molecular weight is 370 g/mol. The lowest BCUT2D eigenvalue weighted by Gasteiger charge is -2.26. The van der Waals surface area contributed by atoms with Gasteiger partial charge in [-0.3, -0.25) is 9.59 Å². The predicted octanol–water partition coefficient (Wildman–Crippen LogP) is 2.11. The highest BCUT2D eigenvalue weighted by atomic mass is 35.5. The molecule has 25 heavy (non-hydrogen) atoms. The summed E-state index contributed by atoms with van der Waals surface area (Å²) in [7, 11) is 0. The van der Waals surface area contributed by atoms with Gasteiger partial charge in [-0.2, -0.15) is 0 Å². The Morgan fingerprint density at radius 1 is 1.44 bits per heavy atom. The van der Waals surface area contributed by atoms with E-state index in [1.165, 1.54) is 6.07 Å². The van der Waals surface area contributed by atoms with Crippen molar-refractivity contribution in [3.63, 3.8) is 0 Å². The number of benzene rings is 1. The van der Waals surface area contributed by atoms with Crippen molar-refractivity contribution in [1.82, 2.24) is 10.2 Å². The van der Waals surface area contributed by atoms with Crippen LogP contribution < -0.4 is 11.1 Å². The van der Waals surface area contributed by atoms with Gasteiger partial charge in [-0.15, -0.1) is 0 Å². The Kier molecular flexibility index (Phi) is 6.79. The van der Waals surface area contributed by atoms with E-state index in [9.17, 15) is 14.0 Å². The number of nitrogens with two attached hydrogens (primary N) is 1. The lowest BCUT2D eigenvalue weighted by molar-refractivity contribution is -0.134. The molecule has 0 aliphatic carbocycles. The van der Waals surface area contributed by atoms with Crippen molar-refractivity contribution < 1.29 is 14.0 Å². The topological polar surface area (TPSA) is 75.4 Å². The zero-order valence-electron chi connectivity index (χ0n) is 14.6. The molecule has 0 saturated carbocycles. The fourth-order valence-electron chi connectivity index (χ4n) is 3.02. The van der Waals surface area contributed by atoms with Gasteiger partial charge in [-0.1, -0.05) is 31.5 Å². The van der Waals surface area contributed by atoms with Gasteiger partial charge in [-0.25, -0.2) is 4.39 Å². The van der Waals surface area contributed by atoms with E-state index < -0.39 is 6.04 Å². The van der Waals surface area contributed by atoms with E-state index in [-0.39, 0.29) is 36.1 Å². The van der Waals surface area contributed by atoms with Crippen LogP contribution in [0.4, 0.5) is 4.39 Å². The zero-order valence-corrected chi connectivity index (χ0v) is 15.4. The van der Waals surface area contributed by atoms with E-state index in [1.54, 1.807) is 17.0 Å². The van der Waals surface area contributed by atoms with Crippen molar-refractivity contribution in [3.05, 3.63) is 34.6 Å². The van der Waals surface area contributed by atoms with Crippen LogP contribution in [0, 0.1) is 11.7 Å². The predicted molar refractivity (Wildman–Crippen MR) is 95.7 cm³/mol. The molecule has 1 aromatic carbocycles. The average Bonchev–Trinajstić information content (AvgIpc) is 3.03. The summed E-state index contributed by atoms with van der Waals surface area (Å²) >= 11 is 6.09. The molecular formula is C18H25ClFN3O2. The van der Waals surface area contributed by atoms with Crippen molar-refractivity contribution in [2.45, 2.75) is 45.2 Å². The van der Waals surface area contributed by atoms with E-state index in [0.29, 0.717) is 23.6 Å². The van der Waals surface area contributed by atoms with Crippen LogP contribution in [0.1, 0.15) is 32.3 Å². The highest BCUT2D eigenvalue weighted by molar-refractivity contribution is 6.31. The molecule has 1 aliphatic rings. The van der Waals surface area contributed by atoms with Crippen molar-refractivity contribution in [2.75, 3.05) is 13.1 Å². The maximum Gasteiger partial charge on any atom is 0.242 e. The van der Waals surface area contributed by atoms with Gasteiger partial charge < -0.3 is 16.0 Å². The number of nitrogens with zero attached hydrogens (tertiary/aromatic N) is 1. The van der Waals surface area contributed by atoms with Crippen LogP contribution in [-0.4, -0.2) is 41.9 Å². The number of nitrogens with one attached hydrogen (secondary N) is 1. The van der Waals surface area contributed by atoms with Crippen LogP contribution in [0.2, 0.25) is 5.02 Å². The second-order valence-corrected chi connectivity index (χ2v) is 7.18. The summed E-state index contributed by atoms with van der Waals surface area (Å²) in [4.78, 5) is 26.0. The van der Waals surface area contributed by atoms with E-state index in [0.717, 1.165) is 12.8 Å². The van der Waals surface area contributed by atoms with Gasteiger partial charge in [0.05, 0.1) is 12.6 Å². The summed E-state index contributed by atoms with van der Waals surface area (Å²) in [6, 6.07) is 3.83. The highest BCUT2D eigenvalue weighted by Crippen LogP contribution is 2.26. The Bertz CT molecular complexity index is 618. The molecule has 1 saturated heterocycles. The Labute approximate surface area is 152 Å². The number of amides is 2. The summed E-state index contributed by atoms with van der Waals surface area (Å²) in [5.74, 6) is -0.878. The SMILES string of the molecule is CC(C)[C@H](N)C(=O)NCC(=O)N1CCCC1Cc1c(F)cccc1Cl. The number of likely N-dealkylation sites (tertiary alicyclic amines) is 1. The van der Waals surface area contributed by atoms with Crippen LogP contribution in [-0.2, 0) is 16.0 Å². The molecule has 1 unspecified atom stereocenters. The molecule has 7 heteroatoms. The standard InChI is InChI=1S/C18H25ClFN3O2/c1-11(2)17(21)18(25)22-10-16(24)23-8-4-5-12(23)9-13-14(19)6-3-7-15(13)20/h3,6-7,11-12,17H,4-5,8-10,21H2,1-2H3,(H,22,25)/t12?,17-/m0/s1. The largest absolute Gasteiger partial charge is 0.346 e. The summed E-state index contributed by atoms with van der Waals surface area (Å²) in [5.41, 5.74) is 6.20. The van der Waals surface area contributed by atoms with Crippen LogP contribution in [0.15, 0.2) is 18.2 Å². The first-order valence-electron chi connectivity index (χ1n) is 8.57. The van der Waals surface area contributed by atoms with E-state index in [2.05, 4.69) is 5.32 Å². The summed E-state index contributed by atoms with van der Waals surface area (Å²) in [6.45, 7) is 4.20. The molecule has 2 rings (SSSR count). The van der Waals surface area contributed by atoms with E-state index in [4.69, 9.17) is 17.3 Å². The van der Waals surface area contributed by atoms with E-state index in [1.807, 2.05) is 13.8 Å². The van der Waals surface area contributed by atoms with Crippen LogP contribution >= 0.6 is 11.6 Å². The molecule has 3 N–H and O–H groups in total. The number of carbonyl (C=O) groups is 2. The highest BCUT2D eigenvalue weighted by Gasteiger charge is 2.30. The first-order valence-corrected chi connectivity index (χ1v) is 8.94. The molecule has 0 aromatic heterocycles. The molecule has 1 heterocycles. The van der Waals surface area contributed by atoms with Crippen LogP contribution in [0.25, 0.3) is 0 Å². The molecule has 0 spiro atoms. The summed E-state index contributed by atoms with van der Waals surface area (Å²) in [5, 5.41) is 2.96. The third-order valence-electron chi connectivity index (χ3n) is 4.63. The smallest absolute Gasteiger partial charge is 0.242 e. The lowest BCUT2D eigenvalue weighted by atomic mass is 10.0. The van der Waals surface area contributed by atoms with Crippen molar-refractivity contribution >= 4 is 23.4 Å². The van der Waals surface area contributed by atoms with Crippen molar-refractivity contribution in [1.29, 1.82) is 0 Å². The second kappa shape index (κ2) is 8.63. The fraction of sp³-hybridized carbons (Fsp3) is 0.556. The Morgan fingerprint density at radius 2 is 2.16 bits per heavy atom. The number of carbonyl (C=O) groups excluding carboxylic acids is 2. The third kappa shape index (κ3) is 4.92. The molecule has 0 bridgehead atoms. The molecule has 1 aromatic rings. The van der Waals surface area contributed by atoms with E-state index >= 15 is 0 Å². The van der Waals surface area contributed by atoms with Crippen LogP contribution in [0.5, 0.6) is 0 Å². The summed E-state index contributed by atoms with van der Waals surface area (Å²) in [6.07, 6.45) is 2.01. The Morgan fingerprint density at radius 3 is 2.80 bits per heavy atom. The molecule has 1 aliphatic heterocycles. The van der Waals surface area contributed by atoms with Gasteiger partial charge in [-0.05, 0) is 37.3 Å². The molecule has 138 valence electrons. The minimum Gasteiger partial charge on any atom is -0.346 e. The van der Waals surface area contributed by atoms with Gasteiger partial charge >= 0.3 is 0 Å². The zero-order chi connectivity index (χ0) is 18.6. The molecule has 1 fully saturated rings. The number of hydrogen-bond acceptors (Lipinski definition) is 3. The molecule has 2 amide bonds. The normalized spacial score (nSPS) is 18.5. The van der Waals surface area contributed by atoms with Gasteiger partial charge in [0, 0.05) is 23.2 Å². The van der Waals surface area contributed by atoms with Gasteiger partial charge in [0.25, 0.3) is 0 Å². The molecule has 5 nitrogen and oxygen atoms in total. The maximum atomic E-state index is 14.0. The lowest BCUT2D eigenvalue weighted by Crippen LogP contribution is -2.49. The Balaban J connectivity index is 1.96. The van der Waals surface area contributed by atoms with Gasteiger partial charge in [0.2, 0.25) is 11.8 Å².